The Hall–Kier alpha value is -2.28. The fraction of sp³-hybridized carbons (Fsp3) is 0.304. The van der Waals surface area contributed by atoms with E-state index in [0.29, 0.717) is 24.1 Å². The molecule has 0 bridgehead atoms. The molecule has 2 aromatic rings. The quantitative estimate of drug-likeness (QED) is 0.440. The lowest BCUT2D eigenvalue weighted by atomic mass is 9.78. The van der Waals surface area contributed by atoms with Crippen molar-refractivity contribution in [3.05, 3.63) is 71.7 Å². The zero-order chi connectivity index (χ0) is 24.1. The maximum absolute atomic E-state index is 13.9. The zero-order valence-corrected chi connectivity index (χ0v) is 20.6. The van der Waals surface area contributed by atoms with E-state index in [4.69, 9.17) is 17.3 Å². The molecule has 2 N–H and O–H groups in total. The molecule has 0 radical (unpaired) electrons. The van der Waals surface area contributed by atoms with Gasteiger partial charge >= 0.3 is 6.18 Å². The summed E-state index contributed by atoms with van der Waals surface area (Å²) in [5.74, 6) is -1.000. The third-order valence-electron chi connectivity index (χ3n) is 5.80. The van der Waals surface area contributed by atoms with Crippen LogP contribution in [0.5, 0.6) is 0 Å². The van der Waals surface area contributed by atoms with Crippen molar-refractivity contribution in [2.45, 2.75) is 44.7 Å². The minimum atomic E-state index is -4.71. The molecule has 0 amide bonds. The van der Waals surface area contributed by atoms with Crippen molar-refractivity contribution in [3.8, 4) is 6.07 Å². The number of carbonyl (C=O) groups is 1. The molecular formula is C23H18BrClF3N3OS. The van der Waals surface area contributed by atoms with E-state index in [-0.39, 0.29) is 34.3 Å². The number of benzene rings is 1. The highest BCUT2D eigenvalue weighted by molar-refractivity contribution is 9.10. The maximum Gasteiger partial charge on any atom is 0.418 e. The molecule has 0 spiro atoms. The Morgan fingerprint density at radius 2 is 2.06 bits per heavy atom. The topological polar surface area (TPSA) is 70.1 Å². The van der Waals surface area contributed by atoms with Crippen LogP contribution in [0.2, 0.25) is 5.02 Å². The van der Waals surface area contributed by atoms with Gasteiger partial charge in [0.05, 0.1) is 28.8 Å². The molecule has 172 valence electrons. The minimum Gasteiger partial charge on any atom is -0.384 e. The van der Waals surface area contributed by atoms with Crippen molar-refractivity contribution >= 4 is 50.3 Å². The van der Waals surface area contributed by atoms with Crippen LogP contribution >= 0.6 is 38.9 Å². The lowest BCUT2D eigenvalue weighted by Gasteiger charge is -2.40. The van der Waals surface area contributed by atoms with Crippen LogP contribution in [-0.4, -0.2) is 5.78 Å². The number of nitrogens with zero attached hydrogens (tertiary/aromatic N) is 2. The number of allylic oxidation sites excluding steroid dienone is 3. The summed E-state index contributed by atoms with van der Waals surface area (Å²) < 4.78 is 42.6. The number of thiophene rings is 1. The summed E-state index contributed by atoms with van der Waals surface area (Å²) in [5, 5.41) is 9.97. The monoisotopic (exact) mass is 555 g/mol. The molecule has 1 aliphatic heterocycles. The van der Waals surface area contributed by atoms with E-state index >= 15 is 0 Å². The summed E-state index contributed by atoms with van der Waals surface area (Å²) in [6.07, 6.45) is -2.84. The molecule has 4 rings (SSSR count). The maximum atomic E-state index is 13.9. The van der Waals surface area contributed by atoms with E-state index in [2.05, 4.69) is 22.0 Å². The fourth-order valence-electron chi connectivity index (χ4n) is 4.39. The number of Topliss-reactive ketones (excluding diaryl/α,β-unsaturated/α-hetero) is 1. The van der Waals surface area contributed by atoms with Gasteiger partial charge in [-0.25, -0.2) is 0 Å². The fourth-order valence-corrected chi connectivity index (χ4v) is 6.59. The number of hydrogen-bond acceptors (Lipinski definition) is 5. The number of anilines is 1. The van der Waals surface area contributed by atoms with Gasteiger partial charge in [-0.2, -0.15) is 18.4 Å². The van der Waals surface area contributed by atoms with Crippen LogP contribution in [0.15, 0.2) is 51.4 Å². The van der Waals surface area contributed by atoms with E-state index < -0.39 is 17.7 Å². The van der Waals surface area contributed by atoms with Crippen LogP contribution in [0.4, 0.5) is 18.9 Å². The second-order valence-electron chi connectivity index (χ2n) is 7.75. The van der Waals surface area contributed by atoms with Gasteiger partial charge < -0.3 is 5.73 Å². The molecule has 1 unspecified atom stereocenters. The molecule has 4 nitrogen and oxygen atoms in total. The Morgan fingerprint density at radius 3 is 2.67 bits per heavy atom. The predicted octanol–water partition coefficient (Wildman–Crippen LogP) is 7.05. The van der Waals surface area contributed by atoms with Crippen LogP contribution in [0.3, 0.4) is 0 Å². The molecule has 33 heavy (non-hydrogen) atoms. The van der Waals surface area contributed by atoms with Crippen molar-refractivity contribution in [3.63, 3.8) is 0 Å². The zero-order valence-electron chi connectivity index (χ0n) is 17.4. The van der Waals surface area contributed by atoms with Crippen LogP contribution < -0.4 is 10.6 Å². The highest BCUT2D eigenvalue weighted by atomic mass is 79.9. The number of alkyl halides is 3. The average Bonchev–Trinajstić information content (AvgIpc) is 3.13. The number of halogens is 5. The first-order chi connectivity index (χ1) is 15.6. The average molecular weight is 557 g/mol. The Balaban J connectivity index is 2.01. The van der Waals surface area contributed by atoms with Crippen molar-refractivity contribution in [1.82, 2.24) is 0 Å². The predicted molar refractivity (Wildman–Crippen MR) is 126 cm³/mol. The standard InChI is InChI=1S/C23H18BrClF3N3OS/c1-2-18-14(24)9-19(33-18)20-12(10-29)22(30)31(16-4-3-5-17(32)21(16)20)15-7-6-11(25)8-13(15)23(26,27)28/h6-9,20H,2-5,30H2,1H3. The second kappa shape index (κ2) is 8.82. The number of nitriles is 1. The normalized spacial score (nSPS) is 19.1. The summed E-state index contributed by atoms with van der Waals surface area (Å²) >= 11 is 10.8. The Bertz CT molecular complexity index is 1260. The largest absolute Gasteiger partial charge is 0.418 e. The van der Waals surface area contributed by atoms with Crippen LogP contribution in [0.25, 0.3) is 0 Å². The van der Waals surface area contributed by atoms with E-state index in [9.17, 15) is 23.2 Å². The van der Waals surface area contributed by atoms with E-state index in [1.165, 1.54) is 28.4 Å². The van der Waals surface area contributed by atoms with Gasteiger partial charge in [0.2, 0.25) is 0 Å². The summed E-state index contributed by atoms with van der Waals surface area (Å²) in [7, 11) is 0. The number of hydrogen-bond donors (Lipinski definition) is 1. The van der Waals surface area contributed by atoms with Crippen molar-refractivity contribution < 1.29 is 18.0 Å². The minimum absolute atomic E-state index is 0.0588. The molecule has 0 saturated carbocycles. The number of aryl methyl sites for hydroxylation is 1. The van der Waals surface area contributed by atoms with Gasteiger partial charge in [-0.05, 0) is 59.5 Å². The van der Waals surface area contributed by atoms with Gasteiger partial charge in [-0.1, -0.05) is 18.5 Å². The van der Waals surface area contributed by atoms with E-state index in [1.54, 1.807) is 0 Å². The summed E-state index contributed by atoms with van der Waals surface area (Å²) in [5.41, 5.74) is 5.98. The third kappa shape index (κ3) is 4.09. The van der Waals surface area contributed by atoms with Crippen LogP contribution in [0.1, 0.15) is 47.4 Å². The molecule has 1 aliphatic carbocycles. The van der Waals surface area contributed by atoms with Gasteiger partial charge in [0.15, 0.2) is 5.78 Å². The van der Waals surface area contributed by atoms with Crippen LogP contribution in [-0.2, 0) is 17.4 Å². The number of carbonyl (C=O) groups excluding carboxylic acids is 1. The number of ketones is 1. The molecule has 2 aliphatic rings. The molecule has 0 saturated heterocycles. The molecule has 0 fully saturated rings. The van der Waals surface area contributed by atoms with E-state index in [1.807, 2.05) is 13.0 Å². The highest BCUT2D eigenvalue weighted by Crippen LogP contribution is 2.50. The lowest BCUT2D eigenvalue weighted by Crippen LogP contribution is -2.39. The second-order valence-corrected chi connectivity index (χ2v) is 10.2. The van der Waals surface area contributed by atoms with Crippen LogP contribution in [0, 0.1) is 11.3 Å². The highest BCUT2D eigenvalue weighted by Gasteiger charge is 2.44. The smallest absolute Gasteiger partial charge is 0.384 e. The van der Waals surface area contributed by atoms with Crippen molar-refractivity contribution in [2.75, 3.05) is 4.90 Å². The van der Waals surface area contributed by atoms with Gasteiger partial charge in [0.1, 0.15) is 5.82 Å². The molecule has 1 aromatic heterocycles. The Kier molecular flexibility index (Phi) is 6.38. The van der Waals surface area contributed by atoms with Gasteiger partial charge in [-0.3, -0.25) is 9.69 Å². The summed E-state index contributed by atoms with van der Waals surface area (Å²) in [4.78, 5) is 16.2. The lowest BCUT2D eigenvalue weighted by molar-refractivity contribution is -0.137. The molecule has 1 atom stereocenters. The van der Waals surface area contributed by atoms with Crippen molar-refractivity contribution in [2.24, 2.45) is 5.73 Å². The van der Waals surface area contributed by atoms with E-state index in [0.717, 1.165) is 26.7 Å². The molecule has 2 heterocycles. The van der Waals surface area contributed by atoms with Gasteiger partial charge in [-0.15, -0.1) is 11.3 Å². The Labute approximate surface area is 206 Å². The third-order valence-corrected chi connectivity index (χ3v) is 8.35. The Morgan fingerprint density at radius 1 is 1.33 bits per heavy atom. The first kappa shape index (κ1) is 23.9. The number of rotatable bonds is 3. The molecule has 1 aromatic carbocycles. The van der Waals surface area contributed by atoms with Gasteiger partial charge in [0.25, 0.3) is 0 Å². The SMILES string of the molecule is CCc1sc(C2C(C#N)=C(N)N(c3ccc(Cl)cc3C(F)(F)F)C3=C2C(=O)CCC3)cc1Br. The molecular weight excluding hydrogens is 539 g/mol. The summed E-state index contributed by atoms with van der Waals surface area (Å²) in [6, 6.07) is 7.35. The summed E-state index contributed by atoms with van der Waals surface area (Å²) in [6.45, 7) is 1.99. The van der Waals surface area contributed by atoms with Crippen molar-refractivity contribution in [1.29, 1.82) is 5.26 Å². The first-order valence-electron chi connectivity index (χ1n) is 10.2. The first-order valence-corrected chi connectivity index (χ1v) is 12.2. The van der Waals surface area contributed by atoms with Gasteiger partial charge in [0, 0.05) is 36.9 Å². The number of nitrogens with two attached hydrogens (primary N) is 1. The molecule has 10 heteroatoms.